The molecule has 0 aromatic heterocycles. The number of allylic oxidation sites excluding steroid dienone is 20. The fourth-order valence-corrected chi connectivity index (χ4v) is 12.4. The number of aliphatic hydroxyl groups excluding tert-OH is 8. The maximum Gasteiger partial charge on any atom is 0.220 e. The van der Waals surface area contributed by atoms with E-state index in [1.54, 1.807) is 0 Å². The Labute approximate surface area is 597 Å². The summed E-state index contributed by atoms with van der Waals surface area (Å²) in [4.78, 5) is 13.4. The van der Waals surface area contributed by atoms with E-state index >= 15 is 0 Å². The number of aliphatic hydroxyl groups is 8. The van der Waals surface area contributed by atoms with Crippen LogP contribution in [-0.4, -0.2) is 140 Å². The minimum atomic E-state index is -1.79. The van der Waals surface area contributed by atoms with Gasteiger partial charge in [-0.2, -0.15) is 0 Å². The number of carbonyl (C=O) groups is 1. The van der Waals surface area contributed by atoms with Crippen molar-refractivity contribution in [3.05, 3.63) is 122 Å². The van der Waals surface area contributed by atoms with Crippen LogP contribution in [0, 0.1) is 0 Å². The standard InChI is InChI=1S/C84H145NO13/c1-3-5-7-9-11-13-15-17-19-21-23-25-27-29-31-33-35-36-38-40-42-44-46-48-50-52-54-56-58-60-62-64-66-68-76(89)85-72(71-95-83-81(94)79(92)82(75(70-87)97-83)98-84-80(93)78(91)77(90)74(69-86)96-84)73(88)67-65-63-61-59-57-55-53-51-49-47-45-43-41-39-37-34-32-30-28-26-24-22-20-18-16-14-12-10-8-6-4-2/h5,7,11,13,17,19,23,25,29,31,35-36,40,42,46,48,52,54,58,60,72-75,77-84,86-88,90-94H,3-4,6,8-10,12,14-16,18,20-22,24,26-28,30,32-34,37-39,41,43-45,47,49-51,53,55-57,59,61-71H2,1-2H3,(H,85,89)/b7-5-,13-11-,19-17-,25-23-,31-29-,36-35-,42-40-,48-46-,54-52-,60-58-. The van der Waals surface area contributed by atoms with Gasteiger partial charge >= 0.3 is 0 Å². The van der Waals surface area contributed by atoms with E-state index in [1.807, 2.05) is 0 Å². The molecule has 2 rings (SSSR count). The van der Waals surface area contributed by atoms with Gasteiger partial charge in [0.1, 0.15) is 48.8 Å². The Morgan fingerprint density at radius 2 is 0.704 bits per heavy atom. The van der Waals surface area contributed by atoms with E-state index in [1.165, 1.54) is 173 Å². The van der Waals surface area contributed by atoms with E-state index in [4.69, 9.17) is 18.9 Å². The van der Waals surface area contributed by atoms with Gasteiger partial charge in [-0.3, -0.25) is 4.79 Å². The summed E-state index contributed by atoms with van der Waals surface area (Å²) in [6, 6.07) is -0.864. The van der Waals surface area contributed by atoms with Crippen molar-refractivity contribution in [3.63, 3.8) is 0 Å². The maximum absolute atomic E-state index is 13.4. The highest BCUT2D eigenvalue weighted by Crippen LogP contribution is 2.30. The zero-order valence-corrected chi connectivity index (χ0v) is 61.7. The molecule has 9 N–H and O–H groups in total. The number of carbonyl (C=O) groups excluding carboxylic acids is 1. The van der Waals surface area contributed by atoms with Crippen molar-refractivity contribution in [3.8, 4) is 0 Å². The Morgan fingerprint density at radius 3 is 1.06 bits per heavy atom. The minimum absolute atomic E-state index is 0.242. The van der Waals surface area contributed by atoms with Crippen LogP contribution in [0.5, 0.6) is 0 Å². The van der Waals surface area contributed by atoms with Gasteiger partial charge in [0.05, 0.1) is 32.0 Å². The lowest BCUT2D eigenvalue weighted by Gasteiger charge is -2.46. The van der Waals surface area contributed by atoms with Gasteiger partial charge in [-0.1, -0.05) is 334 Å². The van der Waals surface area contributed by atoms with Crippen molar-refractivity contribution in [2.45, 2.75) is 383 Å². The van der Waals surface area contributed by atoms with Gasteiger partial charge in [-0.25, -0.2) is 0 Å². The molecule has 14 nitrogen and oxygen atoms in total. The molecule has 0 aromatic carbocycles. The molecular formula is C84H145NO13. The molecule has 2 fully saturated rings. The number of rotatable bonds is 65. The van der Waals surface area contributed by atoms with Crippen molar-refractivity contribution in [1.29, 1.82) is 0 Å². The van der Waals surface area contributed by atoms with Gasteiger partial charge < -0.3 is 65.1 Å². The summed E-state index contributed by atoms with van der Waals surface area (Å²) in [5, 5.41) is 87.8. The third-order valence-corrected chi connectivity index (χ3v) is 18.7. The zero-order chi connectivity index (χ0) is 70.8. The quantitative estimate of drug-likeness (QED) is 0.0204. The van der Waals surface area contributed by atoms with Crippen LogP contribution in [0.1, 0.15) is 309 Å². The van der Waals surface area contributed by atoms with Gasteiger partial charge in [0.15, 0.2) is 12.6 Å². The van der Waals surface area contributed by atoms with Crippen LogP contribution in [0.25, 0.3) is 0 Å². The fraction of sp³-hybridized carbons (Fsp3) is 0.750. The van der Waals surface area contributed by atoms with Gasteiger partial charge in [0.25, 0.3) is 0 Å². The van der Waals surface area contributed by atoms with Crippen LogP contribution in [0.4, 0.5) is 0 Å². The second-order valence-corrected chi connectivity index (χ2v) is 27.5. The van der Waals surface area contributed by atoms with Crippen molar-refractivity contribution in [2.24, 2.45) is 0 Å². The zero-order valence-electron chi connectivity index (χ0n) is 61.7. The molecule has 564 valence electrons. The molecule has 0 bridgehead atoms. The van der Waals surface area contributed by atoms with Crippen molar-refractivity contribution < 1.29 is 64.6 Å². The monoisotopic (exact) mass is 1380 g/mol. The lowest BCUT2D eigenvalue weighted by molar-refractivity contribution is -0.359. The largest absolute Gasteiger partial charge is 0.394 e. The normalized spacial score (nSPS) is 22.7. The van der Waals surface area contributed by atoms with E-state index in [9.17, 15) is 45.6 Å². The summed E-state index contributed by atoms with van der Waals surface area (Å²) in [5.41, 5.74) is 0. The molecule has 2 aliphatic rings. The van der Waals surface area contributed by atoms with E-state index in [0.29, 0.717) is 12.8 Å². The Bertz CT molecular complexity index is 2110. The van der Waals surface area contributed by atoms with Crippen LogP contribution in [0.15, 0.2) is 122 Å². The molecule has 0 aromatic rings. The third-order valence-electron chi connectivity index (χ3n) is 18.7. The molecule has 0 radical (unpaired) electrons. The molecule has 12 unspecified atom stereocenters. The smallest absolute Gasteiger partial charge is 0.220 e. The summed E-state index contributed by atoms with van der Waals surface area (Å²) in [5.74, 6) is -0.250. The average Bonchev–Trinajstić information content (AvgIpc) is 0.793. The van der Waals surface area contributed by atoms with Gasteiger partial charge in [0, 0.05) is 6.42 Å². The Hall–Kier alpha value is -3.61. The van der Waals surface area contributed by atoms with Crippen molar-refractivity contribution in [2.75, 3.05) is 19.8 Å². The van der Waals surface area contributed by atoms with Crippen LogP contribution in [-0.2, 0) is 23.7 Å². The molecule has 2 heterocycles. The molecule has 0 saturated carbocycles. The second-order valence-electron chi connectivity index (χ2n) is 27.5. The summed E-state index contributed by atoms with van der Waals surface area (Å²) < 4.78 is 22.9. The molecule has 0 aliphatic carbocycles. The van der Waals surface area contributed by atoms with E-state index in [2.05, 4.69) is 141 Å². The SMILES string of the molecule is CC/C=C\C/C=C\C/C=C\C/C=C\C/C=C\C/C=C\C/C=C\C/C=C\C/C=C\C/C=C\CCCCC(=O)NC(COC1OC(CO)C(OC2OC(CO)C(O)C(O)C2O)C(O)C1O)C(O)CCCCCCCCCCCCCCCCCCCCCCCCCCCCCCCCC. The Balaban J connectivity index is 1.66. The molecule has 2 saturated heterocycles. The van der Waals surface area contributed by atoms with E-state index in [-0.39, 0.29) is 18.9 Å². The summed E-state index contributed by atoms with van der Waals surface area (Å²) in [6.07, 6.45) is 80.9. The molecule has 12 atom stereocenters. The van der Waals surface area contributed by atoms with Crippen molar-refractivity contribution >= 4 is 5.91 Å². The van der Waals surface area contributed by atoms with E-state index < -0.39 is 86.8 Å². The van der Waals surface area contributed by atoms with Gasteiger partial charge in [-0.15, -0.1) is 0 Å². The molecular weight excluding hydrogens is 1230 g/mol. The predicted molar refractivity (Wildman–Crippen MR) is 405 cm³/mol. The first-order valence-electron chi connectivity index (χ1n) is 39.8. The highest BCUT2D eigenvalue weighted by Gasteiger charge is 2.51. The van der Waals surface area contributed by atoms with Gasteiger partial charge in [0.2, 0.25) is 5.91 Å². The number of hydrogen-bond donors (Lipinski definition) is 9. The molecule has 98 heavy (non-hydrogen) atoms. The maximum atomic E-state index is 13.4. The first-order chi connectivity index (χ1) is 48.1. The number of amides is 1. The predicted octanol–water partition coefficient (Wildman–Crippen LogP) is 18.0. The Morgan fingerprint density at radius 1 is 0.378 bits per heavy atom. The Kier molecular flexibility index (Phi) is 61.5. The van der Waals surface area contributed by atoms with Gasteiger partial charge in [-0.05, 0) is 89.9 Å². The molecule has 0 spiro atoms. The first kappa shape index (κ1) is 90.5. The number of ether oxygens (including phenoxy) is 4. The lowest BCUT2D eigenvalue weighted by atomic mass is 9.97. The van der Waals surface area contributed by atoms with E-state index in [0.717, 1.165) is 103 Å². The van der Waals surface area contributed by atoms with Crippen LogP contribution in [0.3, 0.4) is 0 Å². The molecule has 1 amide bonds. The van der Waals surface area contributed by atoms with Crippen LogP contribution in [0.2, 0.25) is 0 Å². The number of nitrogens with one attached hydrogen (secondary N) is 1. The van der Waals surface area contributed by atoms with Crippen LogP contribution < -0.4 is 5.32 Å². The third kappa shape index (κ3) is 49.1. The van der Waals surface area contributed by atoms with Crippen LogP contribution >= 0.6 is 0 Å². The first-order valence-corrected chi connectivity index (χ1v) is 39.8. The second kappa shape index (κ2) is 66.6. The number of unbranched alkanes of at least 4 members (excludes halogenated alkanes) is 32. The summed E-state index contributed by atoms with van der Waals surface area (Å²) in [6.45, 7) is 2.75. The average molecular weight is 1380 g/mol. The summed E-state index contributed by atoms with van der Waals surface area (Å²) >= 11 is 0. The number of hydrogen-bond acceptors (Lipinski definition) is 13. The lowest BCUT2D eigenvalue weighted by Crippen LogP contribution is -2.65. The highest BCUT2D eigenvalue weighted by atomic mass is 16.7. The summed E-state index contributed by atoms with van der Waals surface area (Å²) in [7, 11) is 0. The molecule has 14 heteroatoms. The topological polar surface area (TPSA) is 228 Å². The van der Waals surface area contributed by atoms with Crippen molar-refractivity contribution in [1.82, 2.24) is 5.32 Å². The minimum Gasteiger partial charge on any atom is -0.394 e. The fourth-order valence-electron chi connectivity index (χ4n) is 12.4. The highest BCUT2D eigenvalue weighted by molar-refractivity contribution is 5.76. The molecule has 2 aliphatic heterocycles.